The fraction of sp³-hybridized carbons (Fsp3) is 0.600. The SMILES string of the molecule is O=C(CN1CCNCC1OC(=O)C(F)(F)F)N(c1ccc(F)cc1)C1CCCCC1. The number of amides is 1. The monoisotopic (exact) mass is 431 g/mol. The Morgan fingerprint density at radius 1 is 1.13 bits per heavy atom. The van der Waals surface area contributed by atoms with Crippen LogP contribution in [0.3, 0.4) is 0 Å². The average molecular weight is 431 g/mol. The van der Waals surface area contributed by atoms with Crippen molar-refractivity contribution in [3.63, 3.8) is 0 Å². The molecule has 3 rings (SSSR count). The molecule has 0 spiro atoms. The highest BCUT2D eigenvalue weighted by Gasteiger charge is 2.44. The molecule has 1 amide bonds. The van der Waals surface area contributed by atoms with E-state index in [9.17, 15) is 27.2 Å². The molecule has 1 atom stereocenters. The van der Waals surface area contributed by atoms with Crippen LogP contribution in [0.2, 0.25) is 0 Å². The maximum absolute atomic E-state index is 13.4. The van der Waals surface area contributed by atoms with Crippen LogP contribution >= 0.6 is 0 Å². The fourth-order valence-electron chi connectivity index (χ4n) is 3.96. The summed E-state index contributed by atoms with van der Waals surface area (Å²) in [6.07, 6.45) is -1.68. The van der Waals surface area contributed by atoms with Gasteiger partial charge in [0.25, 0.3) is 0 Å². The van der Waals surface area contributed by atoms with Gasteiger partial charge in [-0.05, 0) is 37.1 Å². The first-order chi connectivity index (χ1) is 14.3. The molecule has 1 aromatic carbocycles. The van der Waals surface area contributed by atoms with E-state index in [0.29, 0.717) is 12.2 Å². The zero-order chi connectivity index (χ0) is 21.7. The third kappa shape index (κ3) is 5.69. The molecule has 1 aliphatic carbocycles. The molecule has 1 heterocycles. The van der Waals surface area contributed by atoms with Crippen molar-refractivity contribution in [2.45, 2.75) is 50.6 Å². The van der Waals surface area contributed by atoms with Crippen molar-refractivity contribution in [2.75, 3.05) is 31.1 Å². The van der Waals surface area contributed by atoms with E-state index >= 15 is 0 Å². The number of benzene rings is 1. The number of hydrogen-bond donors (Lipinski definition) is 1. The average Bonchev–Trinajstić information content (AvgIpc) is 2.71. The molecular formula is C20H25F4N3O3. The number of halogens is 4. The van der Waals surface area contributed by atoms with Crippen molar-refractivity contribution in [3.05, 3.63) is 30.1 Å². The molecule has 0 bridgehead atoms. The summed E-state index contributed by atoms with van der Waals surface area (Å²) in [6.45, 7) is 0.497. The van der Waals surface area contributed by atoms with E-state index in [0.717, 1.165) is 32.1 Å². The first-order valence-corrected chi connectivity index (χ1v) is 10.1. The van der Waals surface area contributed by atoms with Crippen LogP contribution in [0.15, 0.2) is 24.3 Å². The largest absolute Gasteiger partial charge is 0.490 e. The Labute approximate surface area is 172 Å². The minimum atomic E-state index is -5.10. The number of esters is 1. The minimum absolute atomic E-state index is 0.00488. The second-order valence-corrected chi connectivity index (χ2v) is 7.56. The van der Waals surface area contributed by atoms with Gasteiger partial charge in [0.15, 0.2) is 6.23 Å². The number of nitrogens with one attached hydrogen (secondary N) is 1. The molecular weight excluding hydrogens is 406 g/mol. The number of carbonyl (C=O) groups is 2. The molecule has 0 aromatic heterocycles. The number of ether oxygens (including phenoxy) is 1. The van der Waals surface area contributed by atoms with E-state index in [-0.39, 0.29) is 31.6 Å². The molecule has 1 aromatic rings. The highest BCUT2D eigenvalue weighted by molar-refractivity contribution is 5.95. The van der Waals surface area contributed by atoms with Crippen molar-refractivity contribution in [1.82, 2.24) is 10.2 Å². The van der Waals surface area contributed by atoms with Crippen molar-refractivity contribution in [3.8, 4) is 0 Å². The first kappa shape index (κ1) is 22.5. The summed E-state index contributed by atoms with van der Waals surface area (Å²) in [5, 5.41) is 2.87. The molecule has 1 N–H and O–H groups in total. The molecule has 1 saturated carbocycles. The Balaban J connectivity index is 1.76. The van der Waals surface area contributed by atoms with E-state index in [4.69, 9.17) is 0 Å². The van der Waals surface area contributed by atoms with Crippen LogP contribution in [-0.2, 0) is 14.3 Å². The number of hydrogen-bond acceptors (Lipinski definition) is 5. The van der Waals surface area contributed by atoms with Crippen LogP contribution in [0.4, 0.5) is 23.2 Å². The van der Waals surface area contributed by atoms with Gasteiger partial charge in [-0.15, -0.1) is 0 Å². The number of nitrogens with zero attached hydrogens (tertiary/aromatic N) is 2. The molecule has 1 saturated heterocycles. The van der Waals surface area contributed by atoms with Gasteiger partial charge >= 0.3 is 12.1 Å². The van der Waals surface area contributed by atoms with Gasteiger partial charge in [-0.25, -0.2) is 9.18 Å². The Morgan fingerprint density at radius 3 is 2.43 bits per heavy atom. The predicted octanol–water partition coefficient (Wildman–Crippen LogP) is 2.83. The topological polar surface area (TPSA) is 61.9 Å². The molecule has 166 valence electrons. The third-order valence-corrected chi connectivity index (χ3v) is 5.43. The van der Waals surface area contributed by atoms with E-state index in [1.165, 1.54) is 29.2 Å². The van der Waals surface area contributed by atoms with Gasteiger partial charge in [0.05, 0.1) is 6.54 Å². The molecule has 2 aliphatic rings. The van der Waals surface area contributed by atoms with Crippen molar-refractivity contribution < 1.29 is 31.9 Å². The maximum atomic E-state index is 13.4. The number of rotatable bonds is 5. The highest BCUT2D eigenvalue weighted by Crippen LogP contribution is 2.28. The maximum Gasteiger partial charge on any atom is 0.490 e. The highest BCUT2D eigenvalue weighted by atomic mass is 19.4. The van der Waals surface area contributed by atoms with Crippen molar-refractivity contribution in [1.29, 1.82) is 0 Å². The van der Waals surface area contributed by atoms with Gasteiger partial charge in [0.1, 0.15) is 5.82 Å². The van der Waals surface area contributed by atoms with Gasteiger partial charge in [-0.3, -0.25) is 9.69 Å². The first-order valence-electron chi connectivity index (χ1n) is 10.1. The Morgan fingerprint density at radius 2 is 1.80 bits per heavy atom. The summed E-state index contributed by atoms with van der Waals surface area (Å²) in [5.74, 6) is -3.02. The molecule has 0 radical (unpaired) electrons. The van der Waals surface area contributed by atoms with Crippen LogP contribution in [0.1, 0.15) is 32.1 Å². The number of anilines is 1. The lowest BCUT2D eigenvalue weighted by molar-refractivity contribution is -0.213. The van der Waals surface area contributed by atoms with E-state index in [1.807, 2.05) is 0 Å². The number of alkyl halides is 3. The Hall–Kier alpha value is -2.20. The summed E-state index contributed by atoms with van der Waals surface area (Å²) < 4.78 is 55.8. The second-order valence-electron chi connectivity index (χ2n) is 7.56. The fourth-order valence-corrected chi connectivity index (χ4v) is 3.96. The second kappa shape index (κ2) is 9.74. The van der Waals surface area contributed by atoms with Crippen molar-refractivity contribution >= 4 is 17.6 Å². The van der Waals surface area contributed by atoms with Gasteiger partial charge in [0.2, 0.25) is 5.91 Å². The third-order valence-electron chi connectivity index (χ3n) is 5.43. The lowest BCUT2D eigenvalue weighted by atomic mass is 9.93. The Bertz CT molecular complexity index is 736. The van der Waals surface area contributed by atoms with E-state index < -0.39 is 24.2 Å². The quantitative estimate of drug-likeness (QED) is 0.574. The molecule has 10 heteroatoms. The summed E-state index contributed by atoms with van der Waals surface area (Å²) in [7, 11) is 0. The Kier molecular flexibility index (Phi) is 7.30. The standard InChI is InChI=1S/C20H25F4N3O3/c21-14-6-8-16(9-7-14)27(15-4-2-1-3-5-15)17(28)13-26-11-10-25-12-18(26)30-19(29)20(22,23)24/h6-9,15,18,25H,1-5,10-13H2. The van der Waals surface area contributed by atoms with Gasteiger partial charge in [0, 0.05) is 31.4 Å². The van der Waals surface area contributed by atoms with Gasteiger partial charge in [-0.1, -0.05) is 19.3 Å². The van der Waals surface area contributed by atoms with Crippen LogP contribution in [0, 0.1) is 5.82 Å². The van der Waals surface area contributed by atoms with Crippen molar-refractivity contribution in [2.24, 2.45) is 0 Å². The van der Waals surface area contributed by atoms with Crippen LogP contribution in [0.25, 0.3) is 0 Å². The van der Waals surface area contributed by atoms with E-state index in [2.05, 4.69) is 10.1 Å². The van der Waals surface area contributed by atoms with Crippen LogP contribution < -0.4 is 10.2 Å². The zero-order valence-electron chi connectivity index (χ0n) is 16.5. The molecule has 2 fully saturated rings. The lowest BCUT2D eigenvalue weighted by Crippen LogP contribution is -2.57. The zero-order valence-corrected chi connectivity index (χ0v) is 16.5. The smallest absolute Gasteiger partial charge is 0.438 e. The minimum Gasteiger partial charge on any atom is -0.438 e. The molecule has 6 nitrogen and oxygen atoms in total. The molecule has 30 heavy (non-hydrogen) atoms. The predicted molar refractivity (Wildman–Crippen MR) is 101 cm³/mol. The van der Waals surface area contributed by atoms with Gasteiger partial charge < -0.3 is 15.0 Å². The number of piperazine rings is 1. The molecule has 1 aliphatic heterocycles. The lowest BCUT2D eigenvalue weighted by Gasteiger charge is -2.39. The normalized spacial score (nSPS) is 21.3. The summed E-state index contributed by atoms with van der Waals surface area (Å²) in [5.41, 5.74) is 0.548. The van der Waals surface area contributed by atoms with Gasteiger partial charge in [-0.2, -0.15) is 13.2 Å². The number of carbonyl (C=O) groups excluding carboxylic acids is 2. The summed E-state index contributed by atoms with van der Waals surface area (Å²) in [6, 6.07) is 5.55. The molecule has 1 unspecified atom stereocenters. The summed E-state index contributed by atoms with van der Waals surface area (Å²) >= 11 is 0. The summed E-state index contributed by atoms with van der Waals surface area (Å²) in [4.78, 5) is 27.5. The van der Waals surface area contributed by atoms with E-state index in [1.54, 1.807) is 4.90 Å². The van der Waals surface area contributed by atoms with Crippen LogP contribution in [-0.4, -0.2) is 61.4 Å². The van der Waals surface area contributed by atoms with Crippen LogP contribution in [0.5, 0.6) is 0 Å².